The number of rotatable bonds is 3. The zero-order valence-electron chi connectivity index (χ0n) is 7.93. The summed E-state index contributed by atoms with van der Waals surface area (Å²) in [6.45, 7) is 0. The van der Waals surface area contributed by atoms with Gasteiger partial charge in [0.1, 0.15) is 0 Å². The highest BCUT2D eigenvalue weighted by molar-refractivity contribution is 4.97. The lowest BCUT2D eigenvalue weighted by molar-refractivity contribution is -0.141. The molecule has 2 saturated carbocycles. The van der Waals surface area contributed by atoms with Crippen molar-refractivity contribution in [3.8, 4) is 0 Å². The number of halogens is 3. The van der Waals surface area contributed by atoms with Gasteiger partial charge >= 0.3 is 6.18 Å². The number of aliphatic hydroxyl groups is 1. The van der Waals surface area contributed by atoms with Crippen molar-refractivity contribution >= 4 is 0 Å². The fourth-order valence-corrected chi connectivity index (χ4v) is 2.62. The summed E-state index contributed by atoms with van der Waals surface area (Å²) in [4.78, 5) is 0. The molecule has 2 aliphatic carbocycles. The standard InChI is InChI=1S/C10H15F3O/c11-10(12,13)2-1-9(14)8-4-6-3-7(6)5-8/h6-9,14H,1-5H2. The van der Waals surface area contributed by atoms with Crippen molar-refractivity contribution < 1.29 is 18.3 Å². The molecule has 0 heterocycles. The second-order valence-electron chi connectivity index (χ2n) is 4.71. The van der Waals surface area contributed by atoms with E-state index in [0.717, 1.165) is 24.7 Å². The maximum Gasteiger partial charge on any atom is 0.389 e. The van der Waals surface area contributed by atoms with Crippen molar-refractivity contribution in [2.24, 2.45) is 17.8 Å². The Morgan fingerprint density at radius 2 is 1.71 bits per heavy atom. The van der Waals surface area contributed by atoms with Crippen LogP contribution in [0.3, 0.4) is 0 Å². The van der Waals surface area contributed by atoms with Crippen molar-refractivity contribution in [3.63, 3.8) is 0 Å². The molecule has 4 heteroatoms. The van der Waals surface area contributed by atoms with Crippen LogP contribution in [-0.2, 0) is 0 Å². The Kier molecular flexibility index (Phi) is 2.50. The van der Waals surface area contributed by atoms with Crippen molar-refractivity contribution in [1.29, 1.82) is 0 Å². The van der Waals surface area contributed by atoms with Crippen LogP contribution in [0.4, 0.5) is 13.2 Å². The summed E-state index contributed by atoms with van der Waals surface area (Å²) in [6, 6.07) is 0. The molecule has 0 saturated heterocycles. The van der Waals surface area contributed by atoms with Crippen LogP contribution < -0.4 is 0 Å². The summed E-state index contributed by atoms with van der Waals surface area (Å²) in [6.07, 6.45) is -2.68. The summed E-state index contributed by atoms with van der Waals surface area (Å²) in [5.74, 6) is 1.59. The summed E-state index contributed by atoms with van der Waals surface area (Å²) >= 11 is 0. The third-order valence-corrected chi connectivity index (χ3v) is 3.55. The molecule has 0 amide bonds. The summed E-state index contributed by atoms with van der Waals surface area (Å²) in [5.41, 5.74) is 0. The van der Waals surface area contributed by atoms with Gasteiger partial charge in [-0.2, -0.15) is 13.2 Å². The molecule has 2 rings (SSSR count). The molecule has 14 heavy (non-hydrogen) atoms. The zero-order chi connectivity index (χ0) is 10.3. The minimum absolute atomic E-state index is 0.117. The van der Waals surface area contributed by atoms with Crippen LogP contribution in [0.25, 0.3) is 0 Å². The van der Waals surface area contributed by atoms with Gasteiger partial charge in [0.25, 0.3) is 0 Å². The van der Waals surface area contributed by atoms with Gasteiger partial charge < -0.3 is 5.11 Å². The van der Waals surface area contributed by atoms with Gasteiger partial charge in [-0.25, -0.2) is 0 Å². The quantitative estimate of drug-likeness (QED) is 0.756. The van der Waals surface area contributed by atoms with Gasteiger partial charge in [-0.05, 0) is 43.4 Å². The molecular weight excluding hydrogens is 193 g/mol. The average Bonchev–Trinajstić information content (AvgIpc) is 2.68. The molecule has 82 valence electrons. The first-order chi connectivity index (χ1) is 6.46. The lowest BCUT2D eigenvalue weighted by Gasteiger charge is -2.19. The van der Waals surface area contributed by atoms with Gasteiger partial charge in [-0.15, -0.1) is 0 Å². The molecule has 3 unspecified atom stereocenters. The van der Waals surface area contributed by atoms with Crippen molar-refractivity contribution in [3.05, 3.63) is 0 Å². The van der Waals surface area contributed by atoms with Crippen LogP contribution in [0.15, 0.2) is 0 Å². The van der Waals surface area contributed by atoms with E-state index in [1.165, 1.54) is 6.42 Å². The highest BCUT2D eigenvalue weighted by Gasteiger charge is 2.47. The first kappa shape index (κ1) is 10.3. The zero-order valence-corrected chi connectivity index (χ0v) is 7.93. The number of fused-ring (bicyclic) bond motifs is 1. The number of hydrogen-bond acceptors (Lipinski definition) is 1. The van der Waals surface area contributed by atoms with Gasteiger partial charge in [0, 0.05) is 6.42 Å². The number of alkyl halides is 3. The second-order valence-corrected chi connectivity index (χ2v) is 4.71. The van der Waals surface area contributed by atoms with Crippen LogP contribution in [0.5, 0.6) is 0 Å². The normalized spacial score (nSPS) is 38.1. The molecule has 0 spiro atoms. The highest BCUT2D eigenvalue weighted by atomic mass is 19.4. The van der Waals surface area contributed by atoms with E-state index in [1.54, 1.807) is 0 Å². The summed E-state index contributed by atoms with van der Waals surface area (Å²) in [7, 11) is 0. The first-order valence-corrected chi connectivity index (χ1v) is 5.20. The number of aliphatic hydroxyl groups excluding tert-OH is 1. The third kappa shape index (κ3) is 2.41. The molecule has 0 aromatic carbocycles. The summed E-state index contributed by atoms with van der Waals surface area (Å²) < 4.78 is 35.6. The molecule has 1 N–H and O–H groups in total. The topological polar surface area (TPSA) is 20.2 Å². The fourth-order valence-electron chi connectivity index (χ4n) is 2.62. The third-order valence-electron chi connectivity index (χ3n) is 3.55. The Labute approximate surface area is 81.3 Å². The Morgan fingerprint density at radius 3 is 2.21 bits per heavy atom. The predicted molar refractivity (Wildman–Crippen MR) is 45.6 cm³/mol. The minimum Gasteiger partial charge on any atom is -0.393 e. The van der Waals surface area contributed by atoms with E-state index in [1.807, 2.05) is 0 Å². The first-order valence-electron chi connectivity index (χ1n) is 5.20. The maximum atomic E-state index is 11.9. The van der Waals surface area contributed by atoms with Gasteiger partial charge in [-0.1, -0.05) is 0 Å². The second kappa shape index (κ2) is 3.40. The van der Waals surface area contributed by atoms with Gasteiger partial charge in [0.15, 0.2) is 0 Å². The van der Waals surface area contributed by atoms with Crippen LogP contribution in [-0.4, -0.2) is 17.4 Å². The Balaban J connectivity index is 1.70. The lowest BCUT2D eigenvalue weighted by Crippen LogP contribution is -2.22. The molecular formula is C10H15F3O. The molecule has 2 aliphatic rings. The fraction of sp³-hybridized carbons (Fsp3) is 1.00. The van der Waals surface area contributed by atoms with Gasteiger partial charge in [0.05, 0.1) is 6.10 Å². The van der Waals surface area contributed by atoms with E-state index in [0.29, 0.717) is 0 Å². The SMILES string of the molecule is OC(CCC(F)(F)F)C1CC2CC2C1. The van der Waals surface area contributed by atoms with E-state index in [9.17, 15) is 18.3 Å². The molecule has 0 bridgehead atoms. The smallest absolute Gasteiger partial charge is 0.389 e. The van der Waals surface area contributed by atoms with Crippen molar-refractivity contribution in [2.45, 2.75) is 44.4 Å². The largest absolute Gasteiger partial charge is 0.393 e. The Hall–Kier alpha value is -0.250. The molecule has 3 atom stereocenters. The van der Waals surface area contributed by atoms with E-state index >= 15 is 0 Å². The van der Waals surface area contributed by atoms with E-state index in [4.69, 9.17) is 0 Å². The lowest BCUT2D eigenvalue weighted by atomic mass is 9.93. The van der Waals surface area contributed by atoms with Crippen LogP contribution in [0.1, 0.15) is 32.1 Å². The highest BCUT2D eigenvalue weighted by Crippen LogP contribution is 2.55. The average molecular weight is 208 g/mol. The van der Waals surface area contributed by atoms with E-state index < -0.39 is 18.7 Å². The van der Waals surface area contributed by atoms with E-state index in [-0.39, 0.29) is 12.3 Å². The van der Waals surface area contributed by atoms with E-state index in [2.05, 4.69) is 0 Å². The Morgan fingerprint density at radius 1 is 1.14 bits per heavy atom. The molecule has 0 aromatic rings. The van der Waals surface area contributed by atoms with Crippen LogP contribution in [0.2, 0.25) is 0 Å². The van der Waals surface area contributed by atoms with Crippen molar-refractivity contribution in [2.75, 3.05) is 0 Å². The maximum absolute atomic E-state index is 11.9. The number of hydrogen-bond donors (Lipinski definition) is 1. The molecule has 0 aromatic heterocycles. The minimum atomic E-state index is -4.12. The Bertz CT molecular complexity index is 204. The van der Waals surface area contributed by atoms with Crippen molar-refractivity contribution in [1.82, 2.24) is 0 Å². The van der Waals surface area contributed by atoms with Gasteiger partial charge in [-0.3, -0.25) is 0 Å². The van der Waals surface area contributed by atoms with Gasteiger partial charge in [0.2, 0.25) is 0 Å². The van der Waals surface area contributed by atoms with Crippen LogP contribution >= 0.6 is 0 Å². The molecule has 0 aliphatic heterocycles. The molecule has 0 radical (unpaired) electrons. The molecule has 2 fully saturated rings. The predicted octanol–water partition coefficient (Wildman–Crippen LogP) is 2.74. The monoisotopic (exact) mass is 208 g/mol. The molecule has 1 nitrogen and oxygen atoms in total. The van der Waals surface area contributed by atoms with Crippen LogP contribution in [0, 0.1) is 17.8 Å². The summed E-state index contributed by atoms with van der Waals surface area (Å²) in [5, 5.41) is 9.55.